The van der Waals surface area contributed by atoms with E-state index in [4.69, 9.17) is 5.73 Å². The summed E-state index contributed by atoms with van der Waals surface area (Å²) in [6.45, 7) is 2.69. The minimum absolute atomic E-state index is 0. The Morgan fingerprint density at radius 3 is 2.60 bits per heavy atom. The van der Waals surface area contributed by atoms with Crippen LogP contribution in [-0.4, -0.2) is 56.9 Å². The van der Waals surface area contributed by atoms with Gasteiger partial charge in [-0.25, -0.2) is 0 Å². The van der Waals surface area contributed by atoms with E-state index in [0.29, 0.717) is 19.6 Å². The summed E-state index contributed by atoms with van der Waals surface area (Å²) >= 11 is 0. The third-order valence-corrected chi connectivity index (χ3v) is 0.835. The number of rotatable bonds is 4. The van der Waals surface area contributed by atoms with Gasteiger partial charge in [0.15, 0.2) is 0 Å². The molecule has 0 aromatic carbocycles. The summed E-state index contributed by atoms with van der Waals surface area (Å²) in [6, 6.07) is 0. The second-order valence-corrected chi connectivity index (χ2v) is 1.76. The summed E-state index contributed by atoms with van der Waals surface area (Å²) in [5.41, 5.74) is 5.10. The monoisotopic (exact) mass is 173 g/mol. The van der Waals surface area contributed by atoms with E-state index < -0.39 is 0 Å². The summed E-state index contributed by atoms with van der Waals surface area (Å²) in [7, 11) is 0. The van der Waals surface area contributed by atoms with Crippen molar-refractivity contribution in [2.24, 2.45) is 5.73 Å². The van der Waals surface area contributed by atoms with Crippen LogP contribution in [0.1, 0.15) is 19.8 Å². The van der Waals surface area contributed by atoms with Gasteiger partial charge < -0.3 is 10.5 Å². The molecule has 0 amide bonds. The van der Waals surface area contributed by atoms with Gasteiger partial charge in [0, 0.05) is 13.0 Å². The number of carbonyl (C=O) groups excluding carboxylic acids is 1. The molecule has 58 valence electrons. The molecule has 0 saturated carbocycles. The Morgan fingerprint density at radius 2 is 2.20 bits per heavy atom. The molecule has 0 aliphatic rings. The molecule has 0 unspecified atom stereocenters. The third-order valence-electron chi connectivity index (χ3n) is 0.835. The van der Waals surface area contributed by atoms with Gasteiger partial charge in [-0.15, -0.1) is 0 Å². The van der Waals surface area contributed by atoms with Crippen molar-refractivity contribution in [2.45, 2.75) is 19.8 Å². The SMILES string of the molecule is CCCC(=O)OCCN.[CaH2]. The first-order chi connectivity index (χ1) is 4.31. The van der Waals surface area contributed by atoms with Crippen LogP contribution in [-0.2, 0) is 9.53 Å². The summed E-state index contributed by atoms with van der Waals surface area (Å²) in [6.07, 6.45) is 1.34. The molecule has 0 aliphatic heterocycles. The van der Waals surface area contributed by atoms with Crippen LogP contribution in [0.2, 0.25) is 0 Å². The molecule has 0 atom stereocenters. The fourth-order valence-electron chi connectivity index (χ4n) is 0.449. The van der Waals surface area contributed by atoms with Crippen LogP contribution < -0.4 is 5.73 Å². The number of nitrogens with two attached hydrogens (primary N) is 1. The number of carbonyl (C=O) groups is 1. The second kappa shape index (κ2) is 9.69. The molecule has 0 radical (unpaired) electrons. The van der Waals surface area contributed by atoms with Gasteiger partial charge in [-0.1, -0.05) is 6.92 Å². The Balaban J connectivity index is 0. The van der Waals surface area contributed by atoms with Crippen molar-refractivity contribution in [1.82, 2.24) is 0 Å². The zero-order valence-electron chi connectivity index (χ0n) is 5.72. The van der Waals surface area contributed by atoms with Crippen LogP contribution in [0.5, 0.6) is 0 Å². The number of hydrogen-bond acceptors (Lipinski definition) is 3. The fraction of sp³-hybridized carbons (Fsp3) is 0.833. The van der Waals surface area contributed by atoms with Crippen LogP contribution in [0, 0.1) is 0 Å². The molecule has 0 saturated heterocycles. The zero-order valence-corrected chi connectivity index (χ0v) is 5.72. The van der Waals surface area contributed by atoms with Crippen molar-refractivity contribution in [3.05, 3.63) is 0 Å². The average molecular weight is 173 g/mol. The molecule has 0 spiro atoms. The first-order valence-corrected chi connectivity index (χ1v) is 3.17. The van der Waals surface area contributed by atoms with Crippen molar-refractivity contribution < 1.29 is 9.53 Å². The van der Waals surface area contributed by atoms with Crippen LogP contribution in [0.4, 0.5) is 0 Å². The summed E-state index contributed by atoms with van der Waals surface area (Å²) in [4.78, 5) is 10.5. The van der Waals surface area contributed by atoms with Crippen LogP contribution in [0.3, 0.4) is 0 Å². The Labute approximate surface area is 91.3 Å². The third kappa shape index (κ3) is 8.69. The van der Waals surface area contributed by atoms with Crippen molar-refractivity contribution in [3.8, 4) is 0 Å². The van der Waals surface area contributed by atoms with E-state index in [9.17, 15) is 4.79 Å². The van der Waals surface area contributed by atoms with E-state index in [-0.39, 0.29) is 43.7 Å². The first-order valence-electron chi connectivity index (χ1n) is 3.17. The van der Waals surface area contributed by atoms with Gasteiger partial charge in [-0.3, -0.25) is 4.79 Å². The molecule has 0 heterocycles. The molecule has 0 aromatic heterocycles. The maximum absolute atomic E-state index is 10.5. The van der Waals surface area contributed by atoms with E-state index in [1.165, 1.54) is 0 Å². The number of esters is 1. The summed E-state index contributed by atoms with van der Waals surface area (Å²) in [5.74, 6) is -0.150. The Kier molecular flexibility index (Phi) is 12.9. The first kappa shape index (κ1) is 13.3. The molecule has 0 bridgehead atoms. The molecular formula is C6H15CaNO2. The molecule has 10 heavy (non-hydrogen) atoms. The predicted octanol–water partition coefficient (Wildman–Crippen LogP) is -0.628. The van der Waals surface area contributed by atoms with Gasteiger partial charge >= 0.3 is 43.7 Å². The van der Waals surface area contributed by atoms with E-state index in [0.717, 1.165) is 6.42 Å². The topological polar surface area (TPSA) is 52.3 Å². The fourth-order valence-corrected chi connectivity index (χ4v) is 0.449. The van der Waals surface area contributed by atoms with Crippen LogP contribution in [0.25, 0.3) is 0 Å². The molecule has 3 nitrogen and oxygen atoms in total. The second-order valence-electron chi connectivity index (χ2n) is 1.76. The van der Waals surface area contributed by atoms with E-state index >= 15 is 0 Å². The summed E-state index contributed by atoms with van der Waals surface area (Å²) in [5, 5.41) is 0. The molecule has 4 heteroatoms. The van der Waals surface area contributed by atoms with Crippen molar-refractivity contribution >= 4 is 43.7 Å². The van der Waals surface area contributed by atoms with Gasteiger partial charge in [0.25, 0.3) is 0 Å². The number of hydrogen-bond donors (Lipinski definition) is 1. The Morgan fingerprint density at radius 1 is 1.60 bits per heavy atom. The van der Waals surface area contributed by atoms with Crippen molar-refractivity contribution in [2.75, 3.05) is 13.2 Å². The Bertz CT molecular complexity index is 87.8. The predicted molar refractivity (Wildman–Crippen MR) is 43.5 cm³/mol. The minimum atomic E-state index is -0.150. The van der Waals surface area contributed by atoms with Crippen molar-refractivity contribution in [1.29, 1.82) is 0 Å². The Hall–Kier alpha value is 0.690. The zero-order chi connectivity index (χ0) is 7.11. The standard InChI is InChI=1S/C6H13NO2.Ca.2H/c1-2-3-6(8)9-5-4-7;;;/h2-5,7H2,1H3;;;. The van der Waals surface area contributed by atoms with Crippen LogP contribution in [0.15, 0.2) is 0 Å². The molecule has 0 aliphatic carbocycles. The molecule has 0 aromatic rings. The quantitative estimate of drug-likeness (QED) is 0.455. The maximum atomic E-state index is 10.5. The molecule has 0 rings (SSSR count). The number of ether oxygens (including phenoxy) is 1. The summed E-state index contributed by atoms with van der Waals surface area (Å²) < 4.78 is 4.67. The van der Waals surface area contributed by atoms with E-state index in [1.54, 1.807) is 0 Å². The van der Waals surface area contributed by atoms with E-state index in [2.05, 4.69) is 4.74 Å². The van der Waals surface area contributed by atoms with Gasteiger partial charge in [0.2, 0.25) is 0 Å². The van der Waals surface area contributed by atoms with Gasteiger partial charge in [-0.2, -0.15) is 0 Å². The van der Waals surface area contributed by atoms with Crippen LogP contribution >= 0.6 is 0 Å². The van der Waals surface area contributed by atoms with Gasteiger partial charge in [0.05, 0.1) is 0 Å². The van der Waals surface area contributed by atoms with Gasteiger partial charge in [-0.05, 0) is 6.42 Å². The molecule has 2 N–H and O–H groups in total. The van der Waals surface area contributed by atoms with Crippen molar-refractivity contribution in [3.63, 3.8) is 0 Å². The normalized spacial score (nSPS) is 8.20. The molecular weight excluding hydrogens is 158 g/mol. The molecule has 0 fully saturated rings. The van der Waals surface area contributed by atoms with E-state index in [1.807, 2.05) is 6.92 Å². The average Bonchev–Trinajstić information content (AvgIpc) is 1.85. The van der Waals surface area contributed by atoms with Gasteiger partial charge in [0.1, 0.15) is 6.61 Å².